The average Bonchev–Trinajstić information content (AvgIpc) is 2.15. The summed E-state index contributed by atoms with van der Waals surface area (Å²) in [6.07, 6.45) is -6.08. The Morgan fingerprint density at radius 1 is 1.12 bits per heavy atom. The van der Waals surface area contributed by atoms with Crippen molar-refractivity contribution in [2.24, 2.45) is 17.2 Å². The lowest BCUT2D eigenvalue weighted by Gasteiger charge is -2.19. The van der Waals surface area contributed by atoms with Crippen LogP contribution in [0.15, 0.2) is 24.3 Å². The first-order valence-corrected chi connectivity index (χ1v) is 4.75. The Balaban J connectivity index is 2.72. The SMILES string of the molecule is NC(N)NC(N)Nc1cccc(C(F)(F)F)c1. The molecular formula is C9H14F3N5. The second-order valence-corrected chi connectivity index (χ2v) is 3.39. The summed E-state index contributed by atoms with van der Waals surface area (Å²) < 4.78 is 37.2. The molecule has 1 aromatic carbocycles. The van der Waals surface area contributed by atoms with Crippen LogP contribution in [-0.2, 0) is 6.18 Å². The van der Waals surface area contributed by atoms with Crippen molar-refractivity contribution in [1.29, 1.82) is 0 Å². The van der Waals surface area contributed by atoms with Gasteiger partial charge in [0.1, 0.15) is 12.6 Å². The summed E-state index contributed by atoms with van der Waals surface area (Å²) in [5, 5.41) is 5.08. The summed E-state index contributed by atoms with van der Waals surface area (Å²) in [6, 6.07) is 4.65. The zero-order valence-corrected chi connectivity index (χ0v) is 8.83. The second kappa shape index (κ2) is 5.32. The molecule has 0 aliphatic rings. The van der Waals surface area contributed by atoms with E-state index >= 15 is 0 Å². The molecule has 17 heavy (non-hydrogen) atoms. The maximum Gasteiger partial charge on any atom is 0.416 e. The molecular weight excluding hydrogens is 235 g/mol. The van der Waals surface area contributed by atoms with E-state index < -0.39 is 24.3 Å². The Morgan fingerprint density at radius 2 is 1.76 bits per heavy atom. The van der Waals surface area contributed by atoms with Gasteiger partial charge in [-0.1, -0.05) is 6.07 Å². The molecule has 0 saturated carbocycles. The molecule has 1 atom stereocenters. The monoisotopic (exact) mass is 249 g/mol. The van der Waals surface area contributed by atoms with E-state index in [1.54, 1.807) is 0 Å². The van der Waals surface area contributed by atoms with Crippen molar-refractivity contribution < 1.29 is 13.2 Å². The maximum absolute atomic E-state index is 12.4. The van der Waals surface area contributed by atoms with Gasteiger partial charge in [0, 0.05) is 5.69 Å². The first-order valence-electron chi connectivity index (χ1n) is 4.75. The molecule has 0 aliphatic heterocycles. The number of hydrogen-bond donors (Lipinski definition) is 5. The number of rotatable bonds is 4. The van der Waals surface area contributed by atoms with E-state index in [9.17, 15) is 13.2 Å². The van der Waals surface area contributed by atoms with E-state index in [0.29, 0.717) is 0 Å². The average molecular weight is 249 g/mol. The molecule has 0 aromatic heterocycles. The predicted octanol–water partition coefficient (Wildman–Crippen LogP) is 0.150. The van der Waals surface area contributed by atoms with Gasteiger partial charge in [-0.05, 0) is 18.2 Å². The minimum atomic E-state index is -4.39. The Labute approximate surface area is 96.1 Å². The molecule has 0 bridgehead atoms. The van der Waals surface area contributed by atoms with Crippen molar-refractivity contribution in [2.75, 3.05) is 5.32 Å². The minimum Gasteiger partial charge on any atom is -0.358 e. The first kappa shape index (κ1) is 13.7. The van der Waals surface area contributed by atoms with E-state index in [2.05, 4.69) is 10.6 Å². The number of halogens is 3. The molecule has 0 fully saturated rings. The fourth-order valence-electron chi connectivity index (χ4n) is 1.21. The van der Waals surface area contributed by atoms with Crippen molar-refractivity contribution >= 4 is 5.69 Å². The molecule has 0 saturated heterocycles. The van der Waals surface area contributed by atoms with Gasteiger partial charge in [-0.2, -0.15) is 13.2 Å². The molecule has 0 amide bonds. The van der Waals surface area contributed by atoms with Gasteiger partial charge in [0.05, 0.1) is 5.56 Å². The molecule has 8 heteroatoms. The molecule has 1 aromatic rings. The van der Waals surface area contributed by atoms with Crippen LogP contribution in [0.2, 0.25) is 0 Å². The van der Waals surface area contributed by atoms with Crippen molar-refractivity contribution in [2.45, 2.75) is 18.8 Å². The van der Waals surface area contributed by atoms with E-state index in [1.807, 2.05) is 0 Å². The molecule has 0 aliphatic carbocycles. The van der Waals surface area contributed by atoms with E-state index in [1.165, 1.54) is 12.1 Å². The number of anilines is 1. The smallest absolute Gasteiger partial charge is 0.358 e. The summed E-state index contributed by atoms with van der Waals surface area (Å²) in [6.45, 7) is 0. The summed E-state index contributed by atoms with van der Waals surface area (Å²) in [5.41, 5.74) is 15.4. The van der Waals surface area contributed by atoms with E-state index in [0.717, 1.165) is 12.1 Å². The quantitative estimate of drug-likeness (QED) is 0.489. The highest BCUT2D eigenvalue weighted by Crippen LogP contribution is 2.30. The predicted molar refractivity (Wildman–Crippen MR) is 58.3 cm³/mol. The van der Waals surface area contributed by atoms with Crippen LogP contribution in [0.4, 0.5) is 18.9 Å². The van der Waals surface area contributed by atoms with E-state index in [4.69, 9.17) is 17.2 Å². The Hall–Kier alpha value is -1.35. The van der Waals surface area contributed by atoms with Gasteiger partial charge in [-0.25, -0.2) is 0 Å². The van der Waals surface area contributed by atoms with Gasteiger partial charge >= 0.3 is 6.18 Å². The van der Waals surface area contributed by atoms with Gasteiger partial charge in [-0.3, -0.25) is 11.1 Å². The number of nitrogens with one attached hydrogen (secondary N) is 2. The fourth-order valence-corrected chi connectivity index (χ4v) is 1.21. The van der Waals surface area contributed by atoms with Crippen LogP contribution in [0.5, 0.6) is 0 Å². The molecule has 0 heterocycles. The van der Waals surface area contributed by atoms with Crippen LogP contribution in [0.25, 0.3) is 0 Å². The normalized spacial score (nSPS) is 13.8. The van der Waals surface area contributed by atoms with Crippen LogP contribution in [0.3, 0.4) is 0 Å². The summed E-state index contributed by atoms with van der Waals surface area (Å²) >= 11 is 0. The molecule has 0 radical (unpaired) electrons. The van der Waals surface area contributed by atoms with Crippen molar-refractivity contribution in [3.05, 3.63) is 29.8 Å². The highest BCUT2D eigenvalue weighted by Gasteiger charge is 2.30. The molecule has 5 nitrogen and oxygen atoms in total. The van der Waals surface area contributed by atoms with Crippen LogP contribution >= 0.6 is 0 Å². The molecule has 0 spiro atoms. The lowest BCUT2D eigenvalue weighted by atomic mass is 10.2. The minimum absolute atomic E-state index is 0.223. The van der Waals surface area contributed by atoms with Crippen molar-refractivity contribution in [3.63, 3.8) is 0 Å². The highest BCUT2D eigenvalue weighted by molar-refractivity contribution is 5.46. The molecule has 1 rings (SSSR count). The number of nitrogens with two attached hydrogens (primary N) is 3. The second-order valence-electron chi connectivity index (χ2n) is 3.39. The van der Waals surface area contributed by atoms with Crippen LogP contribution in [0, 0.1) is 0 Å². The fraction of sp³-hybridized carbons (Fsp3) is 0.333. The lowest BCUT2D eigenvalue weighted by Crippen LogP contribution is -2.56. The first-order chi connectivity index (χ1) is 7.79. The van der Waals surface area contributed by atoms with Gasteiger partial charge in [0.15, 0.2) is 0 Å². The van der Waals surface area contributed by atoms with Gasteiger partial charge in [-0.15, -0.1) is 0 Å². The third kappa shape index (κ3) is 4.57. The topological polar surface area (TPSA) is 102 Å². The maximum atomic E-state index is 12.4. The summed E-state index contributed by atoms with van der Waals surface area (Å²) in [5.74, 6) is 0. The Kier molecular flexibility index (Phi) is 4.29. The Morgan fingerprint density at radius 3 is 2.29 bits per heavy atom. The summed E-state index contributed by atoms with van der Waals surface area (Å²) in [7, 11) is 0. The van der Waals surface area contributed by atoms with Crippen LogP contribution in [0.1, 0.15) is 5.56 Å². The Bertz CT molecular complexity index is 366. The van der Waals surface area contributed by atoms with Crippen LogP contribution < -0.4 is 27.8 Å². The van der Waals surface area contributed by atoms with E-state index in [-0.39, 0.29) is 5.69 Å². The molecule has 96 valence electrons. The largest absolute Gasteiger partial charge is 0.416 e. The third-order valence-electron chi connectivity index (χ3n) is 1.88. The summed E-state index contributed by atoms with van der Waals surface area (Å²) in [4.78, 5) is 0. The number of hydrogen-bond acceptors (Lipinski definition) is 5. The highest BCUT2D eigenvalue weighted by atomic mass is 19.4. The van der Waals surface area contributed by atoms with Gasteiger partial charge in [0.2, 0.25) is 0 Å². The van der Waals surface area contributed by atoms with Crippen LogP contribution in [-0.4, -0.2) is 12.6 Å². The zero-order valence-electron chi connectivity index (χ0n) is 8.83. The lowest BCUT2D eigenvalue weighted by molar-refractivity contribution is -0.137. The number of alkyl halides is 3. The molecule has 1 unspecified atom stereocenters. The van der Waals surface area contributed by atoms with Crippen molar-refractivity contribution in [1.82, 2.24) is 5.32 Å². The number of benzene rings is 1. The van der Waals surface area contributed by atoms with Gasteiger partial charge in [0.25, 0.3) is 0 Å². The third-order valence-corrected chi connectivity index (χ3v) is 1.88. The van der Waals surface area contributed by atoms with Gasteiger partial charge < -0.3 is 16.8 Å². The van der Waals surface area contributed by atoms with Crippen molar-refractivity contribution in [3.8, 4) is 0 Å². The standard InChI is InChI=1S/C9H14F3N5/c10-9(11,12)5-2-1-3-6(4-5)16-8(15)17-7(13)14/h1-4,7-8,16-17H,13-15H2. The molecule has 8 N–H and O–H groups in total. The zero-order chi connectivity index (χ0) is 13.1.